The zero-order valence-electron chi connectivity index (χ0n) is 11.2. The summed E-state index contributed by atoms with van der Waals surface area (Å²) in [5.74, 6) is 0.132. The van der Waals surface area contributed by atoms with Gasteiger partial charge in [-0.3, -0.25) is 0 Å². The van der Waals surface area contributed by atoms with E-state index in [9.17, 15) is 9.90 Å². The number of anilines is 1. The van der Waals surface area contributed by atoms with E-state index in [0.29, 0.717) is 18.4 Å². The topological polar surface area (TPSA) is 84.3 Å². The normalized spacial score (nSPS) is 15.9. The lowest BCUT2D eigenvalue weighted by Gasteiger charge is -2.14. The molecule has 0 saturated heterocycles. The van der Waals surface area contributed by atoms with Gasteiger partial charge >= 0.3 is 5.97 Å². The summed E-state index contributed by atoms with van der Waals surface area (Å²) in [4.78, 5) is 19.6. The monoisotopic (exact) mass is 265 g/mol. The number of aromatic nitrogens is 2. The fourth-order valence-corrected chi connectivity index (χ4v) is 1.83. The van der Waals surface area contributed by atoms with Gasteiger partial charge in [0.2, 0.25) is 11.8 Å². The Morgan fingerprint density at radius 2 is 2.32 bits per heavy atom. The van der Waals surface area contributed by atoms with E-state index in [1.54, 1.807) is 6.07 Å². The van der Waals surface area contributed by atoms with Crippen LogP contribution in [0.15, 0.2) is 6.07 Å². The Kier molecular flexibility index (Phi) is 4.19. The first-order chi connectivity index (χ1) is 9.10. The summed E-state index contributed by atoms with van der Waals surface area (Å²) in [5, 5.41) is 12.1. The van der Waals surface area contributed by atoms with E-state index < -0.39 is 12.0 Å². The molecule has 1 aromatic heterocycles. The average molecular weight is 265 g/mol. The van der Waals surface area contributed by atoms with Gasteiger partial charge in [0.25, 0.3) is 0 Å². The molecule has 2 N–H and O–H groups in total. The summed E-state index contributed by atoms with van der Waals surface area (Å²) in [6.45, 7) is 4.43. The van der Waals surface area contributed by atoms with Crippen molar-refractivity contribution in [2.45, 2.75) is 39.2 Å². The van der Waals surface area contributed by atoms with Gasteiger partial charge in [-0.05, 0) is 32.1 Å². The van der Waals surface area contributed by atoms with Crippen molar-refractivity contribution in [2.24, 2.45) is 5.92 Å². The number of nitrogens with zero attached hydrogens (tertiary/aromatic N) is 2. The standard InChI is InChI=1S/C13H19N3O3/c1-3-6-19-10-7-8(2)14-13(15-10)16-11(12(17)18)9-4-5-9/h7,9,11H,3-6H2,1-2H3,(H,17,18)(H,14,15,16). The van der Waals surface area contributed by atoms with Gasteiger partial charge in [-0.15, -0.1) is 0 Å². The molecular weight excluding hydrogens is 246 g/mol. The molecule has 1 aliphatic rings. The molecule has 1 unspecified atom stereocenters. The summed E-state index contributed by atoms with van der Waals surface area (Å²) in [5.41, 5.74) is 0.753. The van der Waals surface area contributed by atoms with Crippen molar-refractivity contribution in [3.05, 3.63) is 11.8 Å². The number of ether oxygens (including phenoxy) is 1. The van der Waals surface area contributed by atoms with E-state index in [2.05, 4.69) is 15.3 Å². The average Bonchev–Trinajstić information content (AvgIpc) is 3.16. The number of aryl methyl sites for hydroxylation is 1. The highest BCUT2D eigenvalue weighted by atomic mass is 16.5. The van der Waals surface area contributed by atoms with Gasteiger partial charge < -0.3 is 15.2 Å². The zero-order valence-corrected chi connectivity index (χ0v) is 11.2. The quantitative estimate of drug-likeness (QED) is 0.782. The molecular formula is C13H19N3O3. The zero-order chi connectivity index (χ0) is 13.8. The van der Waals surface area contributed by atoms with Gasteiger partial charge in [0.1, 0.15) is 6.04 Å². The Balaban J connectivity index is 2.09. The highest BCUT2D eigenvalue weighted by molar-refractivity contribution is 5.77. The largest absolute Gasteiger partial charge is 0.480 e. The van der Waals surface area contributed by atoms with Crippen LogP contribution in [0, 0.1) is 12.8 Å². The lowest BCUT2D eigenvalue weighted by Crippen LogP contribution is -2.32. The van der Waals surface area contributed by atoms with Crippen LogP contribution in [0.25, 0.3) is 0 Å². The van der Waals surface area contributed by atoms with Crippen molar-refractivity contribution < 1.29 is 14.6 Å². The third-order valence-electron chi connectivity index (χ3n) is 2.93. The molecule has 1 saturated carbocycles. The number of carboxylic acid groups (broad SMARTS) is 1. The first-order valence-corrected chi connectivity index (χ1v) is 6.58. The number of carboxylic acids is 1. The lowest BCUT2D eigenvalue weighted by molar-refractivity contribution is -0.138. The second-order valence-electron chi connectivity index (χ2n) is 4.82. The summed E-state index contributed by atoms with van der Waals surface area (Å²) >= 11 is 0. The molecule has 0 bridgehead atoms. The fourth-order valence-electron chi connectivity index (χ4n) is 1.83. The lowest BCUT2D eigenvalue weighted by atomic mass is 10.2. The van der Waals surface area contributed by atoms with Crippen LogP contribution in [0.4, 0.5) is 5.95 Å². The van der Waals surface area contributed by atoms with Crippen LogP contribution < -0.4 is 10.1 Å². The number of nitrogens with one attached hydrogen (secondary N) is 1. The van der Waals surface area contributed by atoms with E-state index in [4.69, 9.17) is 4.74 Å². The first kappa shape index (κ1) is 13.6. The van der Waals surface area contributed by atoms with Crippen LogP contribution in [0.3, 0.4) is 0 Å². The Morgan fingerprint density at radius 1 is 1.58 bits per heavy atom. The molecule has 6 nitrogen and oxygen atoms in total. The molecule has 19 heavy (non-hydrogen) atoms. The van der Waals surface area contributed by atoms with Gasteiger partial charge in [0, 0.05) is 11.8 Å². The maximum atomic E-state index is 11.2. The van der Waals surface area contributed by atoms with Crippen molar-refractivity contribution in [3.8, 4) is 5.88 Å². The minimum atomic E-state index is -0.858. The second kappa shape index (κ2) is 5.86. The van der Waals surface area contributed by atoms with Crippen molar-refractivity contribution in [3.63, 3.8) is 0 Å². The first-order valence-electron chi connectivity index (χ1n) is 6.58. The summed E-state index contributed by atoms with van der Waals surface area (Å²) in [7, 11) is 0. The molecule has 104 valence electrons. The molecule has 2 rings (SSSR count). The SMILES string of the molecule is CCCOc1cc(C)nc(NC(C(=O)O)C2CC2)n1. The number of carbonyl (C=O) groups is 1. The molecule has 0 amide bonds. The molecule has 0 aliphatic heterocycles. The Bertz CT molecular complexity index is 460. The molecule has 1 aromatic rings. The predicted molar refractivity (Wildman–Crippen MR) is 70.3 cm³/mol. The van der Waals surface area contributed by atoms with E-state index in [-0.39, 0.29) is 5.92 Å². The van der Waals surface area contributed by atoms with Gasteiger partial charge in [0.15, 0.2) is 0 Å². The maximum Gasteiger partial charge on any atom is 0.326 e. The molecule has 1 fully saturated rings. The van der Waals surface area contributed by atoms with Crippen molar-refractivity contribution >= 4 is 11.9 Å². The Morgan fingerprint density at radius 3 is 2.89 bits per heavy atom. The highest BCUT2D eigenvalue weighted by Crippen LogP contribution is 2.34. The summed E-state index contributed by atoms with van der Waals surface area (Å²) < 4.78 is 5.46. The molecule has 1 aliphatic carbocycles. The molecule has 0 aromatic carbocycles. The van der Waals surface area contributed by atoms with Crippen LogP contribution in [-0.2, 0) is 4.79 Å². The maximum absolute atomic E-state index is 11.2. The van der Waals surface area contributed by atoms with Crippen LogP contribution >= 0.6 is 0 Å². The summed E-state index contributed by atoms with van der Waals surface area (Å²) in [6.07, 6.45) is 2.77. The molecule has 1 heterocycles. The number of hydrogen-bond acceptors (Lipinski definition) is 5. The van der Waals surface area contributed by atoms with E-state index in [1.807, 2.05) is 13.8 Å². The minimum Gasteiger partial charge on any atom is -0.480 e. The molecule has 0 spiro atoms. The third-order valence-corrected chi connectivity index (χ3v) is 2.93. The van der Waals surface area contributed by atoms with Gasteiger partial charge in [0.05, 0.1) is 6.61 Å². The van der Waals surface area contributed by atoms with Gasteiger partial charge in [-0.2, -0.15) is 4.98 Å². The number of aliphatic carboxylic acids is 1. The fraction of sp³-hybridized carbons (Fsp3) is 0.615. The molecule has 6 heteroatoms. The van der Waals surface area contributed by atoms with E-state index >= 15 is 0 Å². The van der Waals surface area contributed by atoms with Crippen molar-refractivity contribution in [1.29, 1.82) is 0 Å². The van der Waals surface area contributed by atoms with Crippen LogP contribution in [0.2, 0.25) is 0 Å². The second-order valence-corrected chi connectivity index (χ2v) is 4.82. The molecule has 0 radical (unpaired) electrons. The predicted octanol–water partition coefficient (Wildman–Crippen LogP) is 1.85. The number of rotatable bonds is 7. The van der Waals surface area contributed by atoms with Crippen LogP contribution in [-0.4, -0.2) is 33.7 Å². The van der Waals surface area contributed by atoms with Crippen molar-refractivity contribution in [1.82, 2.24) is 9.97 Å². The smallest absolute Gasteiger partial charge is 0.326 e. The number of hydrogen-bond donors (Lipinski definition) is 2. The van der Waals surface area contributed by atoms with Gasteiger partial charge in [-0.25, -0.2) is 9.78 Å². The van der Waals surface area contributed by atoms with Crippen molar-refractivity contribution in [2.75, 3.05) is 11.9 Å². The van der Waals surface area contributed by atoms with Gasteiger partial charge in [-0.1, -0.05) is 6.92 Å². The molecule has 1 atom stereocenters. The third kappa shape index (κ3) is 3.81. The highest BCUT2D eigenvalue weighted by Gasteiger charge is 2.36. The summed E-state index contributed by atoms with van der Waals surface area (Å²) in [6, 6.07) is 1.13. The van der Waals surface area contributed by atoms with E-state index in [0.717, 1.165) is 25.0 Å². The Labute approximate surface area is 112 Å². The van der Waals surface area contributed by atoms with Crippen LogP contribution in [0.1, 0.15) is 31.9 Å². The van der Waals surface area contributed by atoms with E-state index in [1.165, 1.54) is 0 Å². The minimum absolute atomic E-state index is 0.182. The van der Waals surface area contributed by atoms with Crippen LogP contribution in [0.5, 0.6) is 5.88 Å². The Hall–Kier alpha value is -1.85.